The van der Waals surface area contributed by atoms with Crippen LogP contribution in [0.1, 0.15) is 60.5 Å². The minimum atomic E-state index is -0.382. The van der Waals surface area contributed by atoms with Crippen LogP contribution in [0.25, 0.3) is 0 Å². The molecule has 0 radical (unpaired) electrons. The number of allylic oxidation sites excluding steroid dienone is 1. The van der Waals surface area contributed by atoms with E-state index in [1.165, 1.54) is 0 Å². The van der Waals surface area contributed by atoms with Crippen LogP contribution < -0.4 is 0 Å². The van der Waals surface area contributed by atoms with Crippen molar-refractivity contribution in [1.29, 1.82) is 0 Å². The fraction of sp³-hybridized carbons (Fsp3) is 0.370. The van der Waals surface area contributed by atoms with Crippen molar-refractivity contribution in [2.75, 3.05) is 19.7 Å². The first-order chi connectivity index (χ1) is 16.0. The molecule has 0 spiro atoms. The number of likely N-dealkylation sites (tertiary alicyclic amines) is 1. The predicted octanol–water partition coefficient (Wildman–Crippen LogP) is 4.28. The van der Waals surface area contributed by atoms with Gasteiger partial charge in [-0.2, -0.15) is 0 Å². The van der Waals surface area contributed by atoms with Crippen molar-refractivity contribution in [1.82, 2.24) is 9.80 Å². The first-order valence-electron chi connectivity index (χ1n) is 11.6. The Morgan fingerprint density at radius 3 is 2.30 bits per heavy atom. The summed E-state index contributed by atoms with van der Waals surface area (Å²) in [5, 5.41) is 0. The largest absolute Gasteiger partial charge is 0.463 e. The average Bonchev–Trinajstić information content (AvgIpc) is 3.37. The van der Waals surface area contributed by atoms with Gasteiger partial charge >= 0.3 is 5.97 Å². The van der Waals surface area contributed by atoms with Crippen molar-refractivity contribution in [2.45, 2.75) is 45.6 Å². The number of benzene rings is 2. The lowest BCUT2D eigenvalue weighted by molar-refractivity contribution is -0.140. The second-order valence-electron chi connectivity index (χ2n) is 8.56. The van der Waals surface area contributed by atoms with E-state index in [0.29, 0.717) is 23.4 Å². The van der Waals surface area contributed by atoms with Crippen molar-refractivity contribution in [2.24, 2.45) is 0 Å². The summed E-state index contributed by atoms with van der Waals surface area (Å²) in [4.78, 5) is 42.2. The topological polar surface area (TPSA) is 66.9 Å². The van der Waals surface area contributed by atoms with E-state index in [0.717, 1.165) is 37.1 Å². The van der Waals surface area contributed by atoms with Crippen LogP contribution in [0.4, 0.5) is 0 Å². The van der Waals surface area contributed by atoms with Crippen molar-refractivity contribution in [3.63, 3.8) is 0 Å². The maximum Gasteiger partial charge on any atom is 0.336 e. The van der Waals surface area contributed by atoms with Crippen LogP contribution in [-0.4, -0.2) is 47.3 Å². The summed E-state index contributed by atoms with van der Waals surface area (Å²) in [7, 11) is 0. The summed E-state index contributed by atoms with van der Waals surface area (Å²) in [6, 6.07) is 17.0. The molecular weight excluding hydrogens is 416 g/mol. The fourth-order valence-corrected chi connectivity index (χ4v) is 4.69. The molecule has 0 aliphatic carbocycles. The number of carbonyl (C=O) groups is 3. The van der Waals surface area contributed by atoms with E-state index in [9.17, 15) is 14.4 Å². The third kappa shape index (κ3) is 4.85. The van der Waals surface area contributed by atoms with Gasteiger partial charge in [-0.25, -0.2) is 4.79 Å². The molecule has 0 bridgehead atoms. The van der Waals surface area contributed by atoms with Gasteiger partial charge in [0.05, 0.1) is 18.7 Å². The third-order valence-corrected chi connectivity index (χ3v) is 6.46. The molecule has 0 aromatic heterocycles. The predicted molar refractivity (Wildman–Crippen MR) is 125 cm³/mol. The smallest absolute Gasteiger partial charge is 0.336 e. The summed E-state index contributed by atoms with van der Waals surface area (Å²) in [6.45, 7) is 5.83. The van der Waals surface area contributed by atoms with Crippen LogP contribution in [0.15, 0.2) is 65.9 Å². The highest BCUT2D eigenvalue weighted by Gasteiger charge is 2.36. The Balaban J connectivity index is 1.59. The van der Waals surface area contributed by atoms with E-state index < -0.39 is 0 Å². The number of amides is 2. The molecule has 1 unspecified atom stereocenters. The van der Waals surface area contributed by atoms with E-state index in [1.54, 1.807) is 11.8 Å². The molecule has 2 aromatic carbocycles. The first kappa shape index (κ1) is 22.8. The van der Waals surface area contributed by atoms with Crippen molar-refractivity contribution < 1.29 is 19.1 Å². The Morgan fingerprint density at radius 1 is 1.00 bits per heavy atom. The van der Waals surface area contributed by atoms with Crippen LogP contribution >= 0.6 is 0 Å². The molecule has 2 aliphatic rings. The van der Waals surface area contributed by atoms with Crippen LogP contribution in [-0.2, 0) is 20.9 Å². The summed E-state index contributed by atoms with van der Waals surface area (Å²) in [6.07, 6.45) is 2.32. The monoisotopic (exact) mass is 446 g/mol. The van der Waals surface area contributed by atoms with Crippen LogP contribution in [0.5, 0.6) is 0 Å². The second-order valence-corrected chi connectivity index (χ2v) is 8.56. The fourth-order valence-electron chi connectivity index (χ4n) is 4.69. The number of hydrogen-bond donors (Lipinski definition) is 0. The van der Waals surface area contributed by atoms with Gasteiger partial charge in [-0.3, -0.25) is 9.59 Å². The van der Waals surface area contributed by atoms with E-state index in [4.69, 9.17) is 4.74 Å². The van der Waals surface area contributed by atoms with E-state index >= 15 is 0 Å². The van der Waals surface area contributed by atoms with Crippen LogP contribution in [0.2, 0.25) is 0 Å². The zero-order valence-electron chi connectivity index (χ0n) is 19.3. The zero-order chi connectivity index (χ0) is 23.4. The summed E-state index contributed by atoms with van der Waals surface area (Å²) in [5.41, 5.74) is 3.65. The van der Waals surface area contributed by atoms with E-state index in [-0.39, 0.29) is 36.7 Å². The molecule has 1 saturated heterocycles. The van der Waals surface area contributed by atoms with Crippen molar-refractivity contribution in [3.8, 4) is 0 Å². The van der Waals surface area contributed by atoms with Crippen LogP contribution in [0.3, 0.4) is 0 Å². The Bertz CT molecular complexity index is 1050. The molecule has 0 saturated carbocycles. The lowest BCUT2D eigenvalue weighted by Crippen LogP contribution is -2.38. The maximum atomic E-state index is 13.1. The third-order valence-electron chi connectivity index (χ3n) is 6.46. The van der Waals surface area contributed by atoms with Gasteiger partial charge in [0.1, 0.15) is 0 Å². The molecule has 2 heterocycles. The van der Waals surface area contributed by atoms with Gasteiger partial charge in [0.25, 0.3) is 5.91 Å². The standard InChI is InChI=1S/C27H30N2O4/c1-3-33-27(32)25-19(2)29(24(30)17-23(25)21-9-5-4-6-10-21)18-20-11-13-22(14-12-20)26(31)28-15-7-8-16-28/h4-6,9-14,23H,3,7-8,15-18H2,1-2H3. The molecule has 2 aliphatic heterocycles. The van der Waals surface area contributed by atoms with Crippen LogP contribution in [0, 0.1) is 0 Å². The lowest BCUT2D eigenvalue weighted by Gasteiger charge is -2.34. The molecule has 6 nitrogen and oxygen atoms in total. The molecule has 0 N–H and O–H groups in total. The number of esters is 1. The zero-order valence-corrected chi connectivity index (χ0v) is 19.3. The highest BCUT2D eigenvalue weighted by molar-refractivity contribution is 5.96. The SMILES string of the molecule is CCOC(=O)C1=C(C)N(Cc2ccc(C(=O)N3CCCC3)cc2)C(=O)CC1c1ccccc1. The molecular formula is C27H30N2O4. The number of rotatable bonds is 6. The molecule has 6 heteroatoms. The lowest BCUT2D eigenvalue weighted by atomic mass is 9.83. The van der Waals surface area contributed by atoms with Gasteiger partial charge in [0, 0.05) is 36.7 Å². The maximum absolute atomic E-state index is 13.1. The molecule has 2 amide bonds. The number of hydrogen-bond acceptors (Lipinski definition) is 4. The minimum Gasteiger partial charge on any atom is -0.463 e. The Kier molecular flexibility index (Phi) is 6.92. The quantitative estimate of drug-likeness (QED) is 0.622. The number of carbonyl (C=O) groups excluding carboxylic acids is 3. The molecule has 1 fully saturated rings. The highest BCUT2D eigenvalue weighted by atomic mass is 16.5. The second kappa shape index (κ2) is 10.0. The minimum absolute atomic E-state index is 0.0355. The first-order valence-corrected chi connectivity index (χ1v) is 11.6. The molecule has 4 rings (SSSR count). The van der Waals surface area contributed by atoms with E-state index in [1.807, 2.05) is 66.4 Å². The van der Waals surface area contributed by atoms with E-state index in [2.05, 4.69) is 0 Å². The van der Waals surface area contributed by atoms with Gasteiger partial charge in [0.2, 0.25) is 5.91 Å². The normalized spacial score (nSPS) is 18.6. The molecule has 172 valence electrons. The summed E-state index contributed by atoms with van der Waals surface area (Å²) < 4.78 is 5.35. The van der Waals surface area contributed by atoms with Crippen molar-refractivity contribution in [3.05, 3.63) is 82.6 Å². The van der Waals surface area contributed by atoms with Gasteiger partial charge < -0.3 is 14.5 Å². The molecule has 2 aromatic rings. The Morgan fingerprint density at radius 2 is 1.67 bits per heavy atom. The van der Waals surface area contributed by atoms with Gasteiger partial charge in [-0.05, 0) is 49.9 Å². The highest BCUT2D eigenvalue weighted by Crippen LogP contribution is 2.37. The average molecular weight is 447 g/mol. The molecule has 33 heavy (non-hydrogen) atoms. The van der Waals surface area contributed by atoms with Crippen molar-refractivity contribution >= 4 is 17.8 Å². The van der Waals surface area contributed by atoms with Gasteiger partial charge in [-0.15, -0.1) is 0 Å². The van der Waals surface area contributed by atoms with Gasteiger partial charge in [-0.1, -0.05) is 42.5 Å². The summed E-state index contributed by atoms with van der Waals surface area (Å²) in [5.74, 6) is -0.687. The summed E-state index contributed by atoms with van der Waals surface area (Å²) >= 11 is 0. The Hall–Kier alpha value is -3.41. The number of ether oxygens (including phenoxy) is 1. The number of nitrogens with zero attached hydrogens (tertiary/aromatic N) is 2. The Labute approximate surface area is 194 Å². The molecule has 1 atom stereocenters. The van der Waals surface area contributed by atoms with Gasteiger partial charge in [0.15, 0.2) is 0 Å².